The summed E-state index contributed by atoms with van der Waals surface area (Å²) in [4.78, 5) is 14.1. The number of hydrogen-bond donors (Lipinski definition) is 1. The van der Waals surface area contributed by atoms with E-state index in [9.17, 15) is 4.79 Å². The Morgan fingerprint density at radius 3 is 2.70 bits per heavy atom. The molecule has 1 aliphatic heterocycles. The van der Waals surface area contributed by atoms with Gasteiger partial charge in [-0.15, -0.1) is 0 Å². The monoisotopic (exact) mass is 324 g/mol. The molecule has 116 valence electrons. The number of hydrogen-bond acceptors (Lipinski definition) is 3. The van der Waals surface area contributed by atoms with Crippen molar-refractivity contribution >= 4 is 35.0 Å². The van der Waals surface area contributed by atoms with Gasteiger partial charge in [0.2, 0.25) is 0 Å². The van der Waals surface area contributed by atoms with E-state index in [4.69, 9.17) is 17.0 Å². The van der Waals surface area contributed by atoms with Gasteiger partial charge in [0.15, 0.2) is 5.11 Å². The Labute approximate surface area is 140 Å². The Bertz CT molecular complexity index is 772. The van der Waals surface area contributed by atoms with Gasteiger partial charge >= 0.3 is 0 Å². The third-order valence-electron chi connectivity index (χ3n) is 3.38. The van der Waals surface area contributed by atoms with E-state index < -0.39 is 0 Å². The largest absolute Gasteiger partial charge is 0.494 e. The molecule has 2 aromatic rings. The minimum atomic E-state index is -0.174. The molecule has 1 amide bonds. The van der Waals surface area contributed by atoms with Crippen LogP contribution in [0.25, 0.3) is 6.08 Å². The molecule has 0 aliphatic carbocycles. The van der Waals surface area contributed by atoms with Gasteiger partial charge in [-0.3, -0.25) is 9.69 Å². The summed E-state index contributed by atoms with van der Waals surface area (Å²) in [7, 11) is 0. The van der Waals surface area contributed by atoms with Gasteiger partial charge < -0.3 is 10.1 Å². The Morgan fingerprint density at radius 2 is 1.96 bits per heavy atom. The highest BCUT2D eigenvalue weighted by Crippen LogP contribution is 2.26. The van der Waals surface area contributed by atoms with E-state index in [2.05, 4.69) is 5.32 Å². The molecule has 1 fully saturated rings. The second-order valence-electron chi connectivity index (χ2n) is 4.97. The molecule has 5 heteroatoms. The maximum atomic E-state index is 12.7. The molecule has 0 aromatic heterocycles. The van der Waals surface area contributed by atoms with Crippen LogP contribution < -0.4 is 15.0 Å². The van der Waals surface area contributed by atoms with E-state index in [1.807, 2.05) is 55.5 Å². The molecule has 2 aromatic carbocycles. The molecule has 1 heterocycles. The molecular weight excluding hydrogens is 308 g/mol. The lowest BCUT2D eigenvalue weighted by atomic mass is 10.2. The second kappa shape index (κ2) is 6.62. The number of nitrogens with zero attached hydrogens (tertiary/aromatic N) is 1. The van der Waals surface area contributed by atoms with Crippen LogP contribution in [0.15, 0.2) is 60.3 Å². The number of benzene rings is 2. The van der Waals surface area contributed by atoms with Crippen molar-refractivity contribution in [1.29, 1.82) is 0 Å². The van der Waals surface area contributed by atoms with E-state index in [1.54, 1.807) is 12.1 Å². The molecule has 1 saturated heterocycles. The molecule has 4 nitrogen and oxygen atoms in total. The average molecular weight is 324 g/mol. The fourth-order valence-corrected chi connectivity index (χ4v) is 2.66. The van der Waals surface area contributed by atoms with Crippen LogP contribution in [0.5, 0.6) is 5.75 Å². The smallest absolute Gasteiger partial charge is 0.281 e. The van der Waals surface area contributed by atoms with Crippen molar-refractivity contribution in [2.75, 3.05) is 11.5 Å². The van der Waals surface area contributed by atoms with E-state index in [1.165, 1.54) is 4.90 Å². The quantitative estimate of drug-likeness (QED) is 0.692. The summed E-state index contributed by atoms with van der Waals surface area (Å²) in [6, 6.07) is 17.0. The van der Waals surface area contributed by atoms with Gasteiger partial charge in [0, 0.05) is 6.07 Å². The topological polar surface area (TPSA) is 41.6 Å². The fraction of sp³-hybridized carbons (Fsp3) is 0.111. The maximum Gasteiger partial charge on any atom is 0.281 e. The first-order chi connectivity index (χ1) is 11.2. The summed E-state index contributed by atoms with van der Waals surface area (Å²) in [5.41, 5.74) is 2.09. The number of ether oxygens (including phenoxy) is 1. The summed E-state index contributed by atoms with van der Waals surface area (Å²) in [5.74, 6) is 0.536. The zero-order valence-corrected chi connectivity index (χ0v) is 13.5. The van der Waals surface area contributed by atoms with Crippen LogP contribution in [-0.4, -0.2) is 17.6 Å². The first-order valence-electron chi connectivity index (χ1n) is 7.34. The normalized spacial score (nSPS) is 15.9. The summed E-state index contributed by atoms with van der Waals surface area (Å²) < 4.78 is 5.48. The van der Waals surface area contributed by atoms with Crippen LogP contribution in [0.3, 0.4) is 0 Å². The third-order valence-corrected chi connectivity index (χ3v) is 3.66. The van der Waals surface area contributed by atoms with Crippen molar-refractivity contribution in [2.45, 2.75) is 6.92 Å². The van der Waals surface area contributed by atoms with Crippen molar-refractivity contribution in [2.24, 2.45) is 0 Å². The fourth-order valence-electron chi connectivity index (χ4n) is 2.36. The number of rotatable bonds is 4. The lowest BCUT2D eigenvalue weighted by Gasteiger charge is -2.15. The number of carbonyl (C=O) groups is 1. The number of nitrogens with one attached hydrogen (secondary N) is 1. The van der Waals surface area contributed by atoms with Gasteiger partial charge in [-0.05, 0) is 42.9 Å². The standard InChI is InChI=1S/C18H16N2O2S/c1-2-22-15-10-6-9-14(12-15)20-17(21)16(19-18(20)23)11-13-7-4-3-5-8-13/h3-12H,2H2,1H3,(H,19,23)/b16-11-. The van der Waals surface area contributed by atoms with Crippen LogP contribution in [0.2, 0.25) is 0 Å². The minimum absolute atomic E-state index is 0.174. The molecule has 0 spiro atoms. The average Bonchev–Trinajstić information content (AvgIpc) is 2.83. The molecule has 0 radical (unpaired) electrons. The lowest BCUT2D eigenvalue weighted by Crippen LogP contribution is -2.30. The Morgan fingerprint density at radius 1 is 1.17 bits per heavy atom. The highest BCUT2D eigenvalue weighted by molar-refractivity contribution is 7.80. The first kappa shape index (κ1) is 15.2. The van der Waals surface area contributed by atoms with Crippen molar-refractivity contribution in [1.82, 2.24) is 5.32 Å². The van der Waals surface area contributed by atoms with Gasteiger partial charge in [-0.25, -0.2) is 0 Å². The van der Waals surface area contributed by atoms with Crippen LogP contribution in [0.1, 0.15) is 12.5 Å². The zero-order chi connectivity index (χ0) is 16.2. The van der Waals surface area contributed by atoms with Crippen molar-refractivity contribution in [3.63, 3.8) is 0 Å². The zero-order valence-electron chi connectivity index (χ0n) is 12.7. The number of amides is 1. The van der Waals surface area contributed by atoms with E-state index in [-0.39, 0.29) is 5.91 Å². The molecule has 1 aliphatic rings. The van der Waals surface area contributed by atoms with Crippen molar-refractivity contribution < 1.29 is 9.53 Å². The van der Waals surface area contributed by atoms with Crippen molar-refractivity contribution in [3.05, 3.63) is 65.9 Å². The predicted molar refractivity (Wildman–Crippen MR) is 95.2 cm³/mol. The molecule has 0 atom stereocenters. The Balaban J connectivity index is 1.90. The molecule has 3 rings (SSSR count). The SMILES string of the molecule is CCOc1cccc(N2C(=O)/C(=C/c3ccccc3)NC2=S)c1. The molecule has 1 N–H and O–H groups in total. The second-order valence-corrected chi connectivity index (χ2v) is 5.36. The summed E-state index contributed by atoms with van der Waals surface area (Å²) in [6.45, 7) is 2.49. The van der Waals surface area contributed by atoms with E-state index in [0.29, 0.717) is 28.9 Å². The highest BCUT2D eigenvalue weighted by Gasteiger charge is 2.32. The summed E-state index contributed by atoms with van der Waals surface area (Å²) in [5, 5.41) is 3.35. The molecule has 0 saturated carbocycles. The van der Waals surface area contributed by atoms with Gasteiger partial charge in [-0.2, -0.15) is 0 Å². The van der Waals surface area contributed by atoms with Crippen LogP contribution >= 0.6 is 12.2 Å². The first-order valence-corrected chi connectivity index (χ1v) is 7.75. The number of thiocarbonyl (C=S) groups is 1. The van der Waals surface area contributed by atoms with Gasteiger partial charge in [0.1, 0.15) is 11.4 Å². The van der Waals surface area contributed by atoms with Gasteiger partial charge in [0.25, 0.3) is 5.91 Å². The van der Waals surface area contributed by atoms with Gasteiger partial charge in [-0.1, -0.05) is 36.4 Å². The minimum Gasteiger partial charge on any atom is -0.494 e. The lowest BCUT2D eigenvalue weighted by molar-refractivity contribution is -0.113. The van der Waals surface area contributed by atoms with Crippen LogP contribution in [0.4, 0.5) is 5.69 Å². The van der Waals surface area contributed by atoms with Crippen LogP contribution in [-0.2, 0) is 4.79 Å². The van der Waals surface area contributed by atoms with Gasteiger partial charge in [0.05, 0.1) is 12.3 Å². The summed E-state index contributed by atoms with van der Waals surface area (Å²) >= 11 is 5.31. The molecule has 0 bridgehead atoms. The van der Waals surface area contributed by atoms with Crippen molar-refractivity contribution in [3.8, 4) is 5.75 Å². The number of carbonyl (C=O) groups excluding carboxylic acids is 1. The third kappa shape index (κ3) is 3.24. The number of anilines is 1. The summed E-state index contributed by atoms with van der Waals surface area (Å²) in [6.07, 6.45) is 1.79. The molecule has 0 unspecified atom stereocenters. The highest BCUT2D eigenvalue weighted by atomic mass is 32.1. The van der Waals surface area contributed by atoms with Crippen LogP contribution in [0, 0.1) is 0 Å². The Hall–Kier alpha value is -2.66. The Kier molecular flexibility index (Phi) is 4.39. The predicted octanol–water partition coefficient (Wildman–Crippen LogP) is 3.35. The molecule has 23 heavy (non-hydrogen) atoms. The molecular formula is C18H16N2O2S. The van der Waals surface area contributed by atoms with E-state index >= 15 is 0 Å². The van der Waals surface area contributed by atoms with E-state index in [0.717, 1.165) is 5.56 Å². The maximum absolute atomic E-state index is 12.7.